The highest BCUT2D eigenvalue weighted by molar-refractivity contribution is 5.93. The molecule has 0 saturated heterocycles. The highest BCUT2D eigenvalue weighted by atomic mass is 16.5. The van der Waals surface area contributed by atoms with E-state index in [9.17, 15) is 4.79 Å². The zero-order chi connectivity index (χ0) is 18.6. The second-order valence-electron chi connectivity index (χ2n) is 5.43. The SMILES string of the molecule is CCOCCOc1ccc(NCC(=O)Nc2ccc(OCC)cc2)cc1. The van der Waals surface area contributed by atoms with Crippen molar-refractivity contribution in [2.75, 3.05) is 43.6 Å². The summed E-state index contributed by atoms with van der Waals surface area (Å²) in [4.78, 5) is 12.0. The first-order valence-electron chi connectivity index (χ1n) is 8.78. The number of amides is 1. The molecule has 0 fully saturated rings. The lowest BCUT2D eigenvalue weighted by Crippen LogP contribution is -2.21. The Morgan fingerprint density at radius 1 is 0.808 bits per heavy atom. The molecule has 2 N–H and O–H groups in total. The molecule has 0 unspecified atom stereocenters. The van der Waals surface area contributed by atoms with E-state index < -0.39 is 0 Å². The maximum absolute atomic E-state index is 12.0. The Bertz CT molecular complexity index is 657. The van der Waals surface area contributed by atoms with Crippen molar-refractivity contribution in [1.29, 1.82) is 0 Å². The fourth-order valence-corrected chi connectivity index (χ4v) is 2.22. The largest absolute Gasteiger partial charge is 0.494 e. The van der Waals surface area contributed by atoms with Crippen molar-refractivity contribution >= 4 is 17.3 Å². The predicted molar refractivity (Wildman–Crippen MR) is 103 cm³/mol. The molecule has 0 aromatic heterocycles. The second kappa shape index (κ2) is 11.0. The number of hydrogen-bond acceptors (Lipinski definition) is 5. The summed E-state index contributed by atoms with van der Waals surface area (Å²) < 4.78 is 16.1. The smallest absolute Gasteiger partial charge is 0.243 e. The second-order valence-corrected chi connectivity index (χ2v) is 5.43. The number of benzene rings is 2. The topological polar surface area (TPSA) is 68.8 Å². The van der Waals surface area contributed by atoms with E-state index in [1.807, 2.05) is 62.4 Å². The van der Waals surface area contributed by atoms with Crippen molar-refractivity contribution < 1.29 is 19.0 Å². The molecule has 0 aliphatic rings. The van der Waals surface area contributed by atoms with Crippen LogP contribution in [-0.2, 0) is 9.53 Å². The molecule has 6 nitrogen and oxygen atoms in total. The van der Waals surface area contributed by atoms with Gasteiger partial charge in [0.15, 0.2) is 0 Å². The number of hydrogen-bond donors (Lipinski definition) is 2. The van der Waals surface area contributed by atoms with E-state index in [4.69, 9.17) is 14.2 Å². The van der Waals surface area contributed by atoms with Crippen molar-refractivity contribution in [2.45, 2.75) is 13.8 Å². The normalized spacial score (nSPS) is 10.2. The molecule has 2 aromatic rings. The van der Waals surface area contributed by atoms with E-state index in [2.05, 4.69) is 10.6 Å². The number of ether oxygens (including phenoxy) is 3. The number of rotatable bonds is 11. The van der Waals surface area contributed by atoms with Crippen LogP contribution in [0.15, 0.2) is 48.5 Å². The molecular weight excluding hydrogens is 332 g/mol. The molecule has 0 spiro atoms. The van der Waals surface area contributed by atoms with E-state index in [1.165, 1.54) is 0 Å². The summed E-state index contributed by atoms with van der Waals surface area (Å²) >= 11 is 0. The number of anilines is 2. The average molecular weight is 358 g/mol. The first-order chi connectivity index (χ1) is 12.7. The molecular formula is C20H26N2O4. The van der Waals surface area contributed by atoms with Crippen LogP contribution in [0.5, 0.6) is 11.5 Å². The minimum Gasteiger partial charge on any atom is -0.494 e. The highest BCUT2D eigenvalue weighted by Gasteiger charge is 2.03. The van der Waals surface area contributed by atoms with Gasteiger partial charge in [-0.05, 0) is 62.4 Å². The first-order valence-corrected chi connectivity index (χ1v) is 8.78. The van der Waals surface area contributed by atoms with Gasteiger partial charge in [-0.25, -0.2) is 0 Å². The first kappa shape index (κ1) is 19.6. The Morgan fingerprint density at radius 2 is 1.42 bits per heavy atom. The summed E-state index contributed by atoms with van der Waals surface area (Å²) in [6, 6.07) is 14.8. The minimum atomic E-state index is -0.119. The van der Waals surface area contributed by atoms with E-state index in [1.54, 1.807) is 0 Å². The zero-order valence-electron chi connectivity index (χ0n) is 15.3. The lowest BCUT2D eigenvalue weighted by atomic mass is 10.3. The third kappa shape index (κ3) is 7.03. The summed E-state index contributed by atoms with van der Waals surface area (Å²) in [5.74, 6) is 1.44. The summed E-state index contributed by atoms with van der Waals surface area (Å²) in [5, 5.41) is 5.92. The lowest BCUT2D eigenvalue weighted by molar-refractivity contribution is -0.114. The molecule has 1 amide bonds. The van der Waals surface area contributed by atoms with E-state index in [0.717, 1.165) is 22.9 Å². The van der Waals surface area contributed by atoms with Crippen LogP contribution in [0, 0.1) is 0 Å². The zero-order valence-corrected chi connectivity index (χ0v) is 15.3. The predicted octanol–water partition coefficient (Wildman–Crippen LogP) is 3.55. The van der Waals surface area contributed by atoms with Gasteiger partial charge < -0.3 is 24.8 Å². The maximum atomic E-state index is 12.0. The van der Waals surface area contributed by atoms with Gasteiger partial charge in [-0.15, -0.1) is 0 Å². The van der Waals surface area contributed by atoms with Gasteiger partial charge in [0.25, 0.3) is 0 Å². The van der Waals surface area contributed by atoms with Crippen LogP contribution in [0.25, 0.3) is 0 Å². The fourth-order valence-electron chi connectivity index (χ4n) is 2.22. The minimum absolute atomic E-state index is 0.119. The molecule has 0 saturated carbocycles. The molecule has 0 atom stereocenters. The maximum Gasteiger partial charge on any atom is 0.243 e. The van der Waals surface area contributed by atoms with Crippen molar-refractivity contribution in [3.8, 4) is 11.5 Å². The lowest BCUT2D eigenvalue weighted by Gasteiger charge is -2.10. The Morgan fingerprint density at radius 3 is 2.04 bits per heavy atom. The van der Waals surface area contributed by atoms with E-state index in [0.29, 0.717) is 26.4 Å². The van der Waals surface area contributed by atoms with Crippen molar-refractivity contribution in [3.63, 3.8) is 0 Å². The molecule has 0 aliphatic heterocycles. The molecule has 2 aromatic carbocycles. The molecule has 0 heterocycles. The molecule has 2 rings (SSSR count). The third-order valence-electron chi connectivity index (χ3n) is 3.46. The Hall–Kier alpha value is -2.73. The van der Waals surface area contributed by atoms with Gasteiger partial charge in [-0.3, -0.25) is 4.79 Å². The summed E-state index contributed by atoms with van der Waals surface area (Å²) in [6.45, 7) is 6.45. The van der Waals surface area contributed by atoms with Crippen LogP contribution in [0.4, 0.5) is 11.4 Å². The van der Waals surface area contributed by atoms with Crippen LogP contribution in [-0.4, -0.2) is 38.9 Å². The van der Waals surface area contributed by atoms with Crippen molar-refractivity contribution in [3.05, 3.63) is 48.5 Å². The van der Waals surface area contributed by atoms with Crippen LogP contribution >= 0.6 is 0 Å². The van der Waals surface area contributed by atoms with Gasteiger partial charge in [0, 0.05) is 18.0 Å². The fraction of sp³-hybridized carbons (Fsp3) is 0.350. The van der Waals surface area contributed by atoms with Gasteiger partial charge in [-0.2, -0.15) is 0 Å². The molecule has 6 heteroatoms. The van der Waals surface area contributed by atoms with Gasteiger partial charge in [-0.1, -0.05) is 0 Å². The quantitative estimate of drug-likeness (QED) is 0.601. The van der Waals surface area contributed by atoms with Gasteiger partial charge >= 0.3 is 0 Å². The number of carbonyl (C=O) groups excluding carboxylic acids is 1. The Balaban J connectivity index is 1.72. The summed E-state index contributed by atoms with van der Waals surface area (Å²) in [5.41, 5.74) is 1.59. The van der Waals surface area contributed by atoms with Gasteiger partial charge in [0.2, 0.25) is 5.91 Å². The standard InChI is InChI=1S/C20H26N2O4/c1-3-24-13-14-26-19-9-5-16(6-10-19)21-15-20(23)22-17-7-11-18(12-8-17)25-4-2/h5-12,21H,3-4,13-15H2,1-2H3,(H,22,23). The molecule has 0 radical (unpaired) electrons. The molecule has 0 bridgehead atoms. The Labute approximate surface area is 154 Å². The molecule has 140 valence electrons. The molecule has 0 aliphatic carbocycles. The van der Waals surface area contributed by atoms with E-state index >= 15 is 0 Å². The van der Waals surface area contributed by atoms with Gasteiger partial charge in [0.05, 0.1) is 19.8 Å². The van der Waals surface area contributed by atoms with Crippen LogP contribution in [0.3, 0.4) is 0 Å². The van der Waals surface area contributed by atoms with Crippen molar-refractivity contribution in [2.24, 2.45) is 0 Å². The number of carbonyl (C=O) groups is 1. The average Bonchev–Trinajstić information content (AvgIpc) is 2.66. The number of nitrogens with one attached hydrogen (secondary N) is 2. The van der Waals surface area contributed by atoms with Crippen LogP contribution < -0.4 is 20.1 Å². The molecule has 26 heavy (non-hydrogen) atoms. The van der Waals surface area contributed by atoms with Crippen molar-refractivity contribution in [1.82, 2.24) is 0 Å². The van der Waals surface area contributed by atoms with E-state index in [-0.39, 0.29) is 12.5 Å². The summed E-state index contributed by atoms with van der Waals surface area (Å²) in [6.07, 6.45) is 0. The summed E-state index contributed by atoms with van der Waals surface area (Å²) in [7, 11) is 0. The highest BCUT2D eigenvalue weighted by Crippen LogP contribution is 2.17. The Kier molecular flexibility index (Phi) is 8.29. The van der Waals surface area contributed by atoms with Crippen LogP contribution in [0.2, 0.25) is 0 Å². The van der Waals surface area contributed by atoms with Crippen LogP contribution in [0.1, 0.15) is 13.8 Å². The monoisotopic (exact) mass is 358 g/mol. The van der Waals surface area contributed by atoms with Gasteiger partial charge in [0.1, 0.15) is 18.1 Å². The third-order valence-corrected chi connectivity index (χ3v) is 3.46.